The maximum Gasteiger partial charge on any atom is 0.253 e. The Kier molecular flexibility index (Phi) is 9.02. The van der Waals surface area contributed by atoms with E-state index in [0.29, 0.717) is 29.5 Å². The van der Waals surface area contributed by atoms with Crippen molar-refractivity contribution < 1.29 is 14.3 Å². The molecule has 0 aromatic heterocycles. The Morgan fingerprint density at radius 3 is 2.09 bits per heavy atom. The summed E-state index contributed by atoms with van der Waals surface area (Å²) < 4.78 is 10.6. The minimum Gasteiger partial charge on any atom is -0.496 e. The van der Waals surface area contributed by atoms with E-state index in [4.69, 9.17) is 15.2 Å². The molecule has 0 aliphatic heterocycles. The smallest absolute Gasteiger partial charge is 0.253 e. The summed E-state index contributed by atoms with van der Waals surface area (Å²) in [5.74, 6) is 1.64. The highest BCUT2D eigenvalue weighted by Crippen LogP contribution is 2.29. The minimum absolute atomic E-state index is 0. The Morgan fingerprint density at radius 1 is 1.22 bits per heavy atom. The predicted molar refractivity (Wildman–Crippen MR) is 95.9 cm³/mol. The highest BCUT2D eigenvalue weighted by Gasteiger charge is 2.18. The first kappa shape index (κ1) is 21.5. The SMILES string of the molecule is COc1cc(C(=O)N(C)CCC(N)C(C)C)cc(OC)c1C.Cl. The van der Waals surface area contributed by atoms with Gasteiger partial charge in [0.2, 0.25) is 0 Å². The Labute approximate surface area is 145 Å². The maximum atomic E-state index is 12.5. The summed E-state index contributed by atoms with van der Waals surface area (Å²) in [6.07, 6.45) is 0.778. The minimum atomic E-state index is -0.0624. The lowest BCUT2D eigenvalue weighted by Gasteiger charge is -2.22. The molecule has 23 heavy (non-hydrogen) atoms. The Balaban J connectivity index is 0.00000484. The van der Waals surface area contributed by atoms with Gasteiger partial charge < -0.3 is 20.1 Å². The van der Waals surface area contributed by atoms with Gasteiger partial charge in [-0.05, 0) is 31.4 Å². The summed E-state index contributed by atoms with van der Waals surface area (Å²) in [6, 6.07) is 3.59. The van der Waals surface area contributed by atoms with E-state index in [0.717, 1.165) is 12.0 Å². The maximum absolute atomic E-state index is 12.5. The molecular formula is C17H29ClN2O3. The molecule has 1 aromatic rings. The van der Waals surface area contributed by atoms with Gasteiger partial charge in [0, 0.05) is 30.8 Å². The van der Waals surface area contributed by atoms with E-state index in [2.05, 4.69) is 13.8 Å². The predicted octanol–water partition coefficient (Wildman–Crippen LogP) is 2.88. The molecule has 1 atom stereocenters. The van der Waals surface area contributed by atoms with Crippen LogP contribution in [0.5, 0.6) is 11.5 Å². The number of amides is 1. The topological polar surface area (TPSA) is 64.8 Å². The molecule has 132 valence electrons. The van der Waals surface area contributed by atoms with E-state index in [1.165, 1.54) is 0 Å². The lowest BCUT2D eigenvalue weighted by atomic mass is 10.0. The van der Waals surface area contributed by atoms with Crippen LogP contribution in [0.4, 0.5) is 0 Å². The average Bonchev–Trinajstić information content (AvgIpc) is 2.51. The second kappa shape index (κ2) is 9.63. The largest absolute Gasteiger partial charge is 0.496 e. The van der Waals surface area contributed by atoms with E-state index in [-0.39, 0.29) is 24.4 Å². The highest BCUT2D eigenvalue weighted by atomic mass is 35.5. The summed E-state index contributed by atoms with van der Waals surface area (Å²) in [5, 5.41) is 0. The fourth-order valence-electron chi connectivity index (χ4n) is 2.21. The first-order valence-corrected chi connectivity index (χ1v) is 7.55. The van der Waals surface area contributed by atoms with E-state index in [1.54, 1.807) is 38.3 Å². The van der Waals surface area contributed by atoms with Gasteiger partial charge in [-0.1, -0.05) is 13.8 Å². The molecule has 0 saturated heterocycles. The number of hydrogen-bond acceptors (Lipinski definition) is 4. The van der Waals surface area contributed by atoms with Gasteiger partial charge in [0.05, 0.1) is 14.2 Å². The van der Waals surface area contributed by atoms with Crippen molar-refractivity contribution in [1.29, 1.82) is 0 Å². The lowest BCUT2D eigenvalue weighted by Crippen LogP contribution is -2.34. The van der Waals surface area contributed by atoms with Crippen LogP contribution in [0.3, 0.4) is 0 Å². The van der Waals surface area contributed by atoms with Gasteiger partial charge in [-0.2, -0.15) is 0 Å². The third kappa shape index (κ3) is 5.59. The quantitative estimate of drug-likeness (QED) is 0.826. The van der Waals surface area contributed by atoms with Gasteiger partial charge in [0.1, 0.15) is 11.5 Å². The van der Waals surface area contributed by atoms with Crippen LogP contribution in [0.15, 0.2) is 12.1 Å². The van der Waals surface area contributed by atoms with Crippen molar-refractivity contribution in [2.24, 2.45) is 11.7 Å². The second-order valence-corrected chi connectivity index (χ2v) is 5.93. The van der Waals surface area contributed by atoms with Crippen molar-refractivity contribution in [2.45, 2.75) is 33.2 Å². The van der Waals surface area contributed by atoms with Gasteiger partial charge >= 0.3 is 0 Å². The van der Waals surface area contributed by atoms with Crippen LogP contribution in [0, 0.1) is 12.8 Å². The van der Waals surface area contributed by atoms with Crippen molar-refractivity contribution in [3.05, 3.63) is 23.3 Å². The normalized spacial score (nSPS) is 11.7. The van der Waals surface area contributed by atoms with Crippen LogP contribution >= 0.6 is 12.4 Å². The van der Waals surface area contributed by atoms with Crippen molar-refractivity contribution in [3.8, 4) is 11.5 Å². The van der Waals surface area contributed by atoms with Crippen LogP contribution in [0.2, 0.25) is 0 Å². The van der Waals surface area contributed by atoms with E-state index in [9.17, 15) is 4.79 Å². The monoisotopic (exact) mass is 344 g/mol. The number of nitrogens with two attached hydrogens (primary N) is 1. The molecule has 0 fully saturated rings. The lowest BCUT2D eigenvalue weighted by molar-refractivity contribution is 0.0788. The van der Waals surface area contributed by atoms with Crippen LogP contribution < -0.4 is 15.2 Å². The van der Waals surface area contributed by atoms with Crippen LogP contribution in [0.25, 0.3) is 0 Å². The van der Waals surface area contributed by atoms with Crippen LogP contribution in [-0.4, -0.2) is 44.7 Å². The van der Waals surface area contributed by atoms with Crippen LogP contribution in [-0.2, 0) is 0 Å². The summed E-state index contributed by atoms with van der Waals surface area (Å²) in [6.45, 7) is 6.69. The Bertz CT molecular complexity index is 496. The summed E-state index contributed by atoms with van der Waals surface area (Å²) in [7, 11) is 4.96. The number of nitrogens with zero attached hydrogens (tertiary/aromatic N) is 1. The van der Waals surface area contributed by atoms with E-state index >= 15 is 0 Å². The molecule has 2 N–H and O–H groups in total. The number of ether oxygens (including phenoxy) is 2. The van der Waals surface area contributed by atoms with Gasteiger partial charge in [-0.25, -0.2) is 0 Å². The molecule has 1 amide bonds. The number of benzene rings is 1. The highest BCUT2D eigenvalue weighted by molar-refractivity contribution is 5.95. The summed E-state index contributed by atoms with van der Waals surface area (Å²) in [5.41, 5.74) is 7.47. The first-order valence-electron chi connectivity index (χ1n) is 7.55. The standard InChI is InChI=1S/C17H28N2O3.ClH/c1-11(2)14(18)7-8-19(4)17(20)13-9-15(21-5)12(3)16(10-13)22-6;/h9-11,14H,7-8,18H2,1-6H3;1H. The molecule has 0 aliphatic rings. The van der Waals surface area contributed by atoms with Gasteiger partial charge in [-0.3, -0.25) is 4.79 Å². The number of methoxy groups -OCH3 is 2. The van der Waals surface area contributed by atoms with Crippen molar-refractivity contribution in [3.63, 3.8) is 0 Å². The molecule has 5 nitrogen and oxygen atoms in total. The first-order chi connectivity index (χ1) is 10.3. The number of rotatable bonds is 7. The van der Waals surface area contributed by atoms with E-state index in [1.807, 2.05) is 6.92 Å². The van der Waals surface area contributed by atoms with Gasteiger partial charge in [-0.15, -0.1) is 12.4 Å². The van der Waals surface area contributed by atoms with Gasteiger partial charge in [0.15, 0.2) is 0 Å². The molecular weight excluding hydrogens is 316 g/mol. The Morgan fingerprint density at radius 2 is 1.70 bits per heavy atom. The number of carbonyl (C=O) groups is 1. The third-order valence-electron chi connectivity index (χ3n) is 4.00. The average molecular weight is 345 g/mol. The molecule has 1 unspecified atom stereocenters. The van der Waals surface area contributed by atoms with Crippen molar-refractivity contribution >= 4 is 18.3 Å². The number of hydrogen-bond donors (Lipinski definition) is 1. The summed E-state index contributed by atoms with van der Waals surface area (Å²) >= 11 is 0. The molecule has 0 radical (unpaired) electrons. The summed E-state index contributed by atoms with van der Waals surface area (Å²) in [4.78, 5) is 14.2. The zero-order valence-electron chi connectivity index (χ0n) is 14.9. The van der Waals surface area contributed by atoms with Crippen LogP contribution in [0.1, 0.15) is 36.2 Å². The number of carbonyl (C=O) groups excluding carboxylic acids is 1. The molecule has 6 heteroatoms. The van der Waals surface area contributed by atoms with Crippen molar-refractivity contribution in [1.82, 2.24) is 4.90 Å². The number of halogens is 1. The zero-order valence-corrected chi connectivity index (χ0v) is 15.7. The molecule has 0 bridgehead atoms. The molecule has 0 aliphatic carbocycles. The zero-order chi connectivity index (χ0) is 16.9. The molecule has 0 saturated carbocycles. The van der Waals surface area contributed by atoms with E-state index < -0.39 is 0 Å². The second-order valence-electron chi connectivity index (χ2n) is 5.93. The van der Waals surface area contributed by atoms with Crippen molar-refractivity contribution in [2.75, 3.05) is 27.8 Å². The molecule has 1 rings (SSSR count). The van der Waals surface area contributed by atoms with Gasteiger partial charge in [0.25, 0.3) is 5.91 Å². The third-order valence-corrected chi connectivity index (χ3v) is 4.00. The molecule has 0 spiro atoms. The molecule has 1 aromatic carbocycles. The molecule has 0 heterocycles. The fraction of sp³-hybridized carbons (Fsp3) is 0.588. The Hall–Kier alpha value is -1.46. The fourth-order valence-corrected chi connectivity index (χ4v) is 2.21.